The van der Waals surface area contributed by atoms with E-state index in [1.807, 2.05) is 54.6 Å². The highest BCUT2D eigenvalue weighted by Gasteiger charge is 2.17. The molecule has 0 bridgehead atoms. The van der Waals surface area contributed by atoms with Crippen LogP contribution >= 0.6 is 0 Å². The first-order valence-electron chi connectivity index (χ1n) is 14.0. The zero-order valence-electron chi connectivity index (χ0n) is 23.7. The zero-order chi connectivity index (χ0) is 28.8. The van der Waals surface area contributed by atoms with Crippen LogP contribution in [0.5, 0.6) is 17.2 Å². The molecule has 0 radical (unpaired) electrons. The van der Waals surface area contributed by atoms with Gasteiger partial charge in [0.1, 0.15) is 30.0 Å². The Morgan fingerprint density at radius 3 is 2.24 bits per heavy atom. The van der Waals surface area contributed by atoms with Crippen LogP contribution in [-0.2, 0) is 4.74 Å². The normalized spacial score (nSPS) is 12.0. The molecule has 0 saturated heterocycles. The molecular formula is C34H36N2O5. The topological polar surface area (TPSA) is 84.0 Å². The third kappa shape index (κ3) is 6.81. The maximum atomic E-state index is 11.9. The van der Waals surface area contributed by atoms with Gasteiger partial charge in [-0.2, -0.15) is 0 Å². The van der Waals surface area contributed by atoms with Gasteiger partial charge in [0.2, 0.25) is 0 Å². The predicted octanol–water partition coefficient (Wildman–Crippen LogP) is 7.19. The molecule has 0 aliphatic carbocycles. The number of esters is 1. The number of carbonyl (C=O) groups is 1. The summed E-state index contributed by atoms with van der Waals surface area (Å²) in [6.45, 7) is 7.82. The maximum absolute atomic E-state index is 11.9. The number of carbonyl (C=O) groups excluding carboxylic acids is 1. The van der Waals surface area contributed by atoms with E-state index in [0.717, 1.165) is 39.8 Å². The van der Waals surface area contributed by atoms with Crippen LogP contribution in [0.2, 0.25) is 0 Å². The van der Waals surface area contributed by atoms with Crippen molar-refractivity contribution in [3.05, 3.63) is 96.6 Å². The molecule has 0 aliphatic heterocycles. The van der Waals surface area contributed by atoms with E-state index in [9.17, 15) is 9.90 Å². The maximum Gasteiger partial charge on any atom is 0.338 e. The molecule has 1 atom stereocenters. The molecule has 0 spiro atoms. The third-order valence-electron chi connectivity index (χ3n) is 6.74. The van der Waals surface area contributed by atoms with E-state index in [4.69, 9.17) is 14.2 Å². The monoisotopic (exact) mass is 552 g/mol. The number of H-pyrrole nitrogens is 1. The molecule has 0 fully saturated rings. The summed E-state index contributed by atoms with van der Waals surface area (Å²) in [5.41, 5.74) is 3.54. The number of benzene rings is 4. The van der Waals surface area contributed by atoms with Gasteiger partial charge in [0.25, 0.3) is 0 Å². The Morgan fingerprint density at radius 2 is 1.54 bits per heavy atom. The first-order chi connectivity index (χ1) is 19.9. The minimum absolute atomic E-state index is 0.177. The van der Waals surface area contributed by atoms with E-state index < -0.39 is 6.10 Å². The highest BCUT2D eigenvalue weighted by Crippen LogP contribution is 2.33. The van der Waals surface area contributed by atoms with Crippen molar-refractivity contribution < 1.29 is 24.1 Å². The Balaban J connectivity index is 1.23. The standard InChI is InChI=1S/C34H36N2O5/c1-4-39-34(38)24-12-16-27(17-13-24)41-28-18-14-25(15-19-28)36(20-23(2)3)21-26(37)22-40-32-11-7-10-31-33(32)29-8-5-6-9-30(29)35-31/h5-19,23,26,35,37H,4,20-22H2,1-3H3/t26-/m0/s1. The van der Waals surface area contributed by atoms with Gasteiger partial charge in [-0.3, -0.25) is 0 Å². The van der Waals surface area contributed by atoms with Crippen LogP contribution in [-0.4, -0.2) is 48.5 Å². The van der Waals surface area contributed by atoms with Crippen LogP contribution in [0.15, 0.2) is 91.0 Å². The number of rotatable bonds is 12. The van der Waals surface area contributed by atoms with Gasteiger partial charge in [-0.15, -0.1) is 0 Å². The van der Waals surface area contributed by atoms with E-state index in [2.05, 4.69) is 35.9 Å². The van der Waals surface area contributed by atoms with E-state index >= 15 is 0 Å². The number of hydrogen-bond donors (Lipinski definition) is 2. The molecule has 0 saturated carbocycles. The number of fused-ring (bicyclic) bond motifs is 3. The largest absolute Gasteiger partial charge is 0.490 e. The number of nitrogens with zero attached hydrogens (tertiary/aromatic N) is 1. The number of nitrogens with one attached hydrogen (secondary N) is 1. The fourth-order valence-corrected chi connectivity index (χ4v) is 4.94. The lowest BCUT2D eigenvalue weighted by Gasteiger charge is -2.29. The summed E-state index contributed by atoms with van der Waals surface area (Å²) in [7, 11) is 0. The van der Waals surface area contributed by atoms with Gasteiger partial charge in [0.15, 0.2) is 0 Å². The van der Waals surface area contributed by atoms with Gasteiger partial charge >= 0.3 is 5.97 Å². The number of ether oxygens (including phenoxy) is 3. The molecule has 2 N–H and O–H groups in total. The molecule has 5 aromatic rings. The second kappa shape index (κ2) is 12.8. The molecule has 0 aliphatic rings. The number of hydrogen-bond acceptors (Lipinski definition) is 6. The van der Waals surface area contributed by atoms with Crippen LogP contribution in [0.4, 0.5) is 5.69 Å². The molecule has 7 nitrogen and oxygen atoms in total. The average molecular weight is 553 g/mol. The lowest BCUT2D eigenvalue weighted by atomic mass is 10.1. The van der Waals surface area contributed by atoms with E-state index in [-0.39, 0.29) is 12.6 Å². The summed E-state index contributed by atoms with van der Waals surface area (Å²) in [4.78, 5) is 17.5. The second-order valence-electron chi connectivity index (χ2n) is 10.5. The Kier molecular flexibility index (Phi) is 8.75. The van der Waals surface area contributed by atoms with Gasteiger partial charge in [-0.25, -0.2) is 4.79 Å². The molecule has 0 amide bonds. The molecule has 1 heterocycles. The Hall–Kier alpha value is -4.49. The van der Waals surface area contributed by atoms with Crippen molar-refractivity contribution in [3.63, 3.8) is 0 Å². The molecule has 1 aromatic heterocycles. The van der Waals surface area contributed by atoms with E-state index in [0.29, 0.717) is 36.1 Å². The molecule has 41 heavy (non-hydrogen) atoms. The van der Waals surface area contributed by atoms with Gasteiger partial charge < -0.3 is 29.2 Å². The van der Waals surface area contributed by atoms with Crippen LogP contribution in [0.25, 0.3) is 21.8 Å². The van der Waals surface area contributed by atoms with Gasteiger partial charge in [0, 0.05) is 35.1 Å². The van der Waals surface area contributed by atoms with Crippen molar-refractivity contribution in [1.82, 2.24) is 4.98 Å². The molecular weight excluding hydrogens is 516 g/mol. The summed E-state index contributed by atoms with van der Waals surface area (Å²) in [6, 6.07) is 28.8. The molecule has 7 heteroatoms. The number of aliphatic hydroxyl groups excluding tert-OH is 1. The molecule has 212 valence electrons. The van der Waals surface area contributed by atoms with Crippen molar-refractivity contribution in [2.45, 2.75) is 26.9 Å². The summed E-state index contributed by atoms with van der Waals surface area (Å²) in [5.74, 6) is 2.11. The highest BCUT2D eigenvalue weighted by molar-refractivity contribution is 6.10. The number of anilines is 1. The van der Waals surface area contributed by atoms with Crippen LogP contribution in [0.3, 0.4) is 0 Å². The van der Waals surface area contributed by atoms with Gasteiger partial charge in [0.05, 0.1) is 17.7 Å². The number of aromatic amines is 1. The molecule has 4 aromatic carbocycles. The summed E-state index contributed by atoms with van der Waals surface area (Å²) >= 11 is 0. The first-order valence-corrected chi connectivity index (χ1v) is 14.0. The minimum atomic E-state index is -0.692. The Morgan fingerprint density at radius 1 is 0.854 bits per heavy atom. The lowest BCUT2D eigenvalue weighted by molar-refractivity contribution is 0.0526. The highest BCUT2D eigenvalue weighted by atomic mass is 16.5. The fraction of sp³-hybridized carbons (Fsp3) is 0.265. The summed E-state index contributed by atoms with van der Waals surface area (Å²) in [5, 5.41) is 13.1. The second-order valence-corrected chi connectivity index (χ2v) is 10.5. The smallest absolute Gasteiger partial charge is 0.338 e. The van der Waals surface area contributed by atoms with E-state index in [1.165, 1.54) is 0 Å². The summed E-state index contributed by atoms with van der Waals surface area (Å²) < 4.78 is 17.2. The zero-order valence-corrected chi connectivity index (χ0v) is 23.7. The number of aromatic nitrogens is 1. The quantitative estimate of drug-likeness (QED) is 0.159. The van der Waals surface area contributed by atoms with Crippen LogP contribution in [0, 0.1) is 5.92 Å². The summed E-state index contributed by atoms with van der Waals surface area (Å²) in [6.07, 6.45) is -0.692. The number of aliphatic hydroxyl groups is 1. The van der Waals surface area contributed by atoms with Crippen molar-refractivity contribution in [2.24, 2.45) is 5.92 Å². The fourth-order valence-electron chi connectivity index (χ4n) is 4.94. The van der Waals surface area contributed by atoms with Crippen molar-refractivity contribution in [3.8, 4) is 17.2 Å². The SMILES string of the molecule is CCOC(=O)c1ccc(Oc2ccc(N(CC(C)C)C[C@H](O)COc3cccc4[nH]c5ccccc5c34)cc2)cc1. The van der Waals surface area contributed by atoms with Crippen molar-refractivity contribution >= 4 is 33.5 Å². The minimum Gasteiger partial charge on any atom is -0.490 e. The Labute approximate surface area is 240 Å². The first kappa shape index (κ1) is 28.1. The van der Waals surface area contributed by atoms with Gasteiger partial charge in [-0.1, -0.05) is 38.1 Å². The Bertz CT molecular complexity index is 1590. The van der Waals surface area contributed by atoms with Crippen LogP contribution in [0.1, 0.15) is 31.1 Å². The lowest BCUT2D eigenvalue weighted by Crippen LogP contribution is -2.37. The van der Waals surface area contributed by atoms with Crippen LogP contribution < -0.4 is 14.4 Å². The van der Waals surface area contributed by atoms with Crippen molar-refractivity contribution in [2.75, 3.05) is 31.2 Å². The third-order valence-corrected chi connectivity index (χ3v) is 6.74. The van der Waals surface area contributed by atoms with E-state index in [1.54, 1.807) is 31.2 Å². The molecule has 0 unspecified atom stereocenters. The molecule has 5 rings (SSSR count). The number of para-hydroxylation sites is 1. The van der Waals surface area contributed by atoms with Crippen molar-refractivity contribution in [1.29, 1.82) is 0 Å². The predicted molar refractivity (Wildman–Crippen MR) is 163 cm³/mol. The van der Waals surface area contributed by atoms with Gasteiger partial charge in [-0.05, 0) is 79.6 Å². The average Bonchev–Trinajstić information content (AvgIpc) is 3.36.